The van der Waals surface area contributed by atoms with Gasteiger partial charge in [-0.15, -0.1) is 0 Å². The molecule has 4 nitrogen and oxygen atoms in total. The van der Waals surface area contributed by atoms with Crippen LogP contribution in [0.1, 0.15) is 26.3 Å². The molecule has 0 radical (unpaired) electrons. The van der Waals surface area contributed by atoms with Gasteiger partial charge in [-0.1, -0.05) is 20.8 Å². The predicted molar refractivity (Wildman–Crippen MR) is 64.5 cm³/mol. The monoisotopic (exact) mass is 216 g/mol. The molecular formula is C12H16N4. The van der Waals surface area contributed by atoms with Crippen molar-refractivity contribution in [1.29, 1.82) is 0 Å². The minimum atomic E-state index is 0.103. The first-order valence-electron chi connectivity index (χ1n) is 5.24. The van der Waals surface area contributed by atoms with Crippen LogP contribution in [0.5, 0.6) is 0 Å². The molecule has 0 amide bonds. The Kier molecular flexibility index (Phi) is 2.42. The summed E-state index contributed by atoms with van der Waals surface area (Å²) in [4.78, 5) is 4.22. The number of nitrogen functional groups attached to an aromatic ring is 1. The van der Waals surface area contributed by atoms with Crippen molar-refractivity contribution in [3.05, 3.63) is 36.3 Å². The maximum Gasteiger partial charge on any atom is 0.153 e. The van der Waals surface area contributed by atoms with Crippen molar-refractivity contribution in [1.82, 2.24) is 14.8 Å². The molecule has 84 valence electrons. The van der Waals surface area contributed by atoms with Crippen LogP contribution in [-0.4, -0.2) is 14.8 Å². The van der Waals surface area contributed by atoms with E-state index in [0.717, 1.165) is 5.82 Å². The van der Waals surface area contributed by atoms with E-state index in [1.54, 1.807) is 10.9 Å². The molecule has 2 rings (SSSR count). The van der Waals surface area contributed by atoms with E-state index in [4.69, 9.17) is 5.73 Å². The van der Waals surface area contributed by atoms with Gasteiger partial charge >= 0.3 is 0 Å². The lowest BCUT2D eigenvalue weighted by Crippen LogP contribution is -2.09. The smallest absolute Gasteiger partial charge is 0.153 e. The second-order valence-corrected chi connectivity index (χ2v) is 4.87. The highest BCUT2D eigenvalue weighted by molar-refractivity contribution is 5.38. The molecule has 0 atom stereocenters. The van der Waals surface area contributed by atoms with Gasteiger partial charge in [0.1, 0.15) is 0 Å². The number of hydrogen-bond donors (Lipinski definition) is 1. The van der Waals surface area contributed by atoms with E-state index >= 15 is 0 Å². The quantitative estimate of drug-likeness (QED) is 0.794. The van der Waals surface area contributed by atoms with Crippen LogP contribution in [0, 0.1) is 0 Å². The Morgan fingerprint density at radius 1 is 1.19 bits per heavy atom. The average molecular weight is 216 g/mol. The van der Waals surface area contributed by atoms with Crippen LogP contribution in [0.4, 0.5) is 5.69 Å². The lowest BCUT2D eigenvalue weighted by Gasteiger charge is -2.14. The van der Waals surface area contributed by atoms with Gasteiger partial charge in [-0.05, 0) is 23.1 Å². The molecule has 0 bridgehead atoms. The molecule has 0 saturated heterocycles. The Morgan fingerprint density at radius 3 is 2.44 bits per heavy atom. The van der Waals surface area contributed by atoms with E-state index in [2.05, 4.69) is 30.9 Å². The first kappa shape index (κ1) is 10.7. The third kappa shape index (κ3) is 2.05. The molecule has 2 heterocycles. The molecule has 0 unspecified atom stereocenters. The normalized spacial score (nSPS) is 11.7. The Bertz CT molecular complexity index is 476. The zero-order valence-corrected chi connectivity index (χ0v) is 9.81. The van der Waals surface area contributed by atoms with E-state index in [0.29, 0.717) is 5.69 Å². The van der Waals surface area contributed by atoms with E-state index < -0.39 is 0 Å². The van der Waals surface area contributed by atoms with Crippen LogP contribution in [0.15, 0.2) is 30.7 Å². The average Bonchev–Trinajstić information content (AvgIpc) is 2.67. The maximum absolute atomic E-state index is 5.59. The van der Waals surface area contributed by atoms with Gasteiger partial charge in [-0.25, -0.2) is 9.67 Å². The van der Waals surface area contributed by atoms with E-state index in [9.17, 15) is 0 Å². The van der Waals surface area contributed by atoms with Crippen molar-refractivity contribution < 1.29 is 0 Å². The van der Waals surface area contributed by atoms with Crippen molar-refractivity contribution in [3.8, 4) is 5.82 Å². The number of rotatable bonds is 1. The summed E-state index contributed by atoms with van der Waals surface area (Å²) in [5.41, 5.74) is 7.54. The molecule has 4 heteroatoms. The summed E-state index contributed by atoms with van der Waals surface area (Å²) < 4.78 is 1.76. The van der Waals surface area contributed by atoms with Gasteiger partial charge in [-0.3, -0.25) is 0 Å². The molecule has 0 spiro atoms. The van der Waals surface area contributed by atoms with Gasteiger partial charge in [0.15, 0.2) is 5.82 Å². The highest BCUT2D eigenvalue weighted by Crippen LogP contribution is 2.21. The number of anilines is 1. The van der Waals surface area contributed by atoms with Crippen LogP contribution in [0.3, 0.4) is 0 Å². The number of aromatic nitrogens is 3. The molecule has 0 aliphatic carbocycles. The van der Waals surface area contributed by atoms with E-state index in [1.165, 1.54) is 5.56 Å². The first-order valence-corrected chi connectivity index (χ1v) is 5.24. The summed E-state index contributed by atoms with van der Waals surface area (Å²) in [7, 11) is 0. The third-order valence-corrected chi connectivity index (χ3v) is 2.45. The predicted octanol–water partition coefficient (Wildman–Crippen LogP) is 2.15. The Morgan fingerprint density at radius 2 is 1.94 bits per heavy atom. The second-order valence-electron chi connectivity index (χ2n) is 4.87. The number of nitrogens with two attached hydrogens (primary N) is 1. The lowest BCUT2D eigenvalue weighted by molar-refractivity contribution is 0.590. The minimum absolute atomic E-state index is 0.103. The van der Waals surface area contributed by atoms with Crippen LogP contribution in [-0.2, 0) is 5.41 Å². The molecule has 0 aliphatic heterocycles. The van der Waals surface area contributed by atoms with Crippen molar-refractivity contribution in [2.75, 3.05) is 5.73 Å². The molecule has 0 aliphatic rings. The van der Waals surface area contributed by atoms with Gasteiger partial charge in [0.2, 0.25) is 0 Å². The largest absolute Gasteiger partial charge is 0.397 e. The minimum Gasteiger partial charge on any atom is -0.397 e. The van der Waals surface area contributed by atoms with Crippen LogP contribution in [0.25, 0.3) is 5.82 Å². The topological polar surface area (TPSA) is 56.7 Å². The van der Waals surface area contributed by atoms with Gasteiger partial charge in [0.05, 0.1) is 18.1 Å². The number of nitrogens with zero attached hydrogens (tertiary/aromatic N) is 3. The SMILES string of the molecule is CC(C)(C)c1cnn(-c2ccc(N)cn2)c1. The van der Waals surface area contributed by atoms with Crippen molar-refractivity contribution in [2.45, 2.75) is 26.2 Å². The van der Waals surface area contributed by atoms with Crippen molar-refractivity contribution >= 4 is 5.69 Å². The molecule has 16 heavy (non-hydrogen) atoms. The highest BCUT2D eigenvalue weighted by Gasteiger charge is 2.16. The zero-order valence-electron chi connectivity index (χ0n) is 9.81. The van der Waals surface area contributed by atoms with Crippen LogP contribution < -0.4 is 5.73 Å². The lowest BCUT2D eigenvalue weighted by atomic mass is 9.90. The fourth-order valence-corrected chi connectivity index (χ4v) is 1.37. The third-order valence-electron chi connectivity index (χ3n) is 2.45. The molecule has 2 N–H and O–H groups in total. The van der Waals surface area contributed by atoms with E-state index in [-0.39, 0.29) is 5.41 Å². The van der Waals surface area contributed by atoms with Crippen LogP contribution >= 0.6 is 0 Å². The summed E-state index contributed by atoms with van der Waals surface area (Å²) in [6.07, 6.45) is 5.50. The van der Waals surface area contributed by atoms with E-state index in [1.807, 2.05) is 24.5 Å². The maximum atomic E-state index is 5.59. The standard InChI is InChI=1S/C12H16N4/c1-12(2,3)9-6-15-16(8-9)11-5-4-10(13)7-14-11/h4-8H,13H2,1-3H3. The van der Waals surface area contributed by atoms with Crippen molar-refractivity contribution in [2.24, 2.45) is 0 Å². The fraction of sp³-hybridized carbons (Fsp3) is 0.333. The summed E-state index contributed by atoms with van der Waals surface area (Å²) in [6, 6.07) is 3.68. The molecule has 2 aromatic heterocycles. The fourth-order valence-electron chi connectivity index (χ4n) is 1.37. The molecule has 0 aromatic carbocycles. The summed E-state index contributed by atoms with van der Waals surface area (Å²) in [5.74, 6) is 0.782. The summed E-state index contributed by atoms with van der Waals surface area (Å²) >= 11 is 0. The Balaban J connectivity index is 2.35. The first-order chi connectivity index (χ1) is 7.47. The second kappa shape index (κ2) is 3.63. The number of pyridine rings is 1. The van der Waals surface area contributed by atoms with Gasteiger partial charge in [0.25, 0.3) is 0 Å². The molecular weight excluding hydrogens is 200 g/mol. The van der Waals surface area contributed by atoms with Gasteiger partial charge in [-0.2, -0.15) is 5.10 Å². The summed E-state index contributed by atoms with van der Waals surface area (Å²) in [5, 5.41) is 4.30. The zero-order chi connectivity index (χ0) is 11.8. The molecule has 0 fully saturated rings. The van der Waals surface area contributed by atoms with Crippen molar-refractivity contribution in [3.63, 3.8) is 0 Å². The molecule has 2 aromatic rings. The Hall–Kier alpha value is -1.84. The summed E-state index contributed by atoms with van der Waals surface area (Å²) in [6.45, 7) is 6.47. The Labute approximate surface area is 95.1 Å². The highest BCUT2D eigenvalue weighted by atomic mass is 15.3. The van der Waals surface area contributed by atoms with Gasteiger partial charge in [0, 0.05) is 6.20 Å². The molecule has 0 saturated carbocycles. The van der Waals surface area contributed by atoms with Crippen LogP contribution in [0.2, 0.25) is 0 Å². The number of hydrogen-bond acceptors (Lipinski definition) is 3. The van der Waals surface area contributed by atoms with Gasteiger partial charge < -0.3 is 5.73 Å².